The van der Waals surface area contributed by atoms with E-state index in [1.807, 2.05) is 29.1 Å². The molecule has 26 heavy (non-hydrogen) atoms. The van der Waals surface area contributed by atoms with Gasteiger partial charge < -0.3 is 15.4 Å². The molecule has 0 unspecified atom stereocenters. The normalized spacial score (nSPS) is 11.0. The fourth-order valence-electron chi connectivity index (χ4n) is 2.58. The minimum atomic E-state index is 0. The molecule has 0 spiro atoms. The van der Waals surface area contributed by atoms with Gasteiger partial charge in [0, 0.05) is 32.4 Å². The van der Waals surface area contributed by atoms with Crippen molar-refractivity contribution in [2.45, 2.75) is 33.2 Å². The largest absolute Gasteiger partial charge is 0.496 e. The number of nitrogens with zero attached hydrogens (tertiary/aromatic N) is 3. The number of rotatable bonds is 9. The molecule has 0 aliphatic heterocycles. The molecule has 0 aliphatic rings. The van der Waals surface area contributed by atoms with Crippen LogP contribution in [-0.2, 0) is 13.0 Å². The van der Waals surface area contributed by atoms with Gasteiger partial charge in [-0.1, -0.05) is 18.2 Å². The zero-order valence-corrected chi connectivity index (χ0v) is 18.2. The molecule has 7 heteroatoms. The Hall–Kier alpha value is -1.77. The van der Waals surface area contributed by atoms with Crippen molar-refractivity contribution in [1.29, 1.82) is 0 Å². The highest BCUT2D eigenvalue weighted by Gasteiger charge is 2.02. The second-order valence-corrected chi connectivity index (χ2v) is 5.88. The van der Waals surface area contributed by atoms with E-state index in [-0.39, 0.29) is 24.0 Å². The average molecular weight is 471 g/mol. The van der Waals surface area contributed by atoms with Crippen LogP contribution in [0.3, 0.4) is 0 Å². The van der Waals surface area contributed by atoms with Crippen molar-refractivity contribution in [3.05, 3.63) is 47.8 Å². The van der Waals surface area contributed by atoms with Crippen molar-refractivity contribution >= 4 is 29.9 Å². The molecular weight excluding hydrogens is 441 g/mol. The Kier molecular flexibility index (Phi) is 10.8. The highest BCUT2D eigenvalue weighted by atomic mass is 127. The Morgan fingerprint density at radius 3 is 2.77 bits per heavy atom. The SMILES string of the molecule is CCNC(=NCCCn1cc(C)cn1)NCCc1ccccc1OC.I. The summed E-state index contributed by atoms with van der Waals surface area (Å²) in [5.74, 6) is 1.79. The summed E-state index contributed by atoms with van der Waals surface area (Å²) in [6, 6.07) is 8.11. The van der Waals surface area contributed by atoms with E-state index in [0.717, 1.165) is 50.7 Å². The van der Waals surface area contributed by atoms with E-state index in [9.17, 15) is 0 Å². The van der Waals surface area contributed by atoms with Gasteiger partial charge in [-0.2, -0.15) is 5.10 Å². The minimum Gasteiger partial charge on any atom is -0.496 e. The second-order valence-electron chi connectivity index (χ2n) is 5.88. The molecule has 2 aromatic rings. The number of hydrogen-bond donors (Lipinski definition) is 2. The van der Waals surface area contributed by atoms with E-state index in [1.165, 1.54) is 11.1 Å². The summed E-state index contributed by atoms with van der Waals surface area (Å²) in [4.78, 5) is 4.63. The molecular formula is C19H30IN5O. The van der Waals surface area contributed by atoms with Gasteiger partial charge in [0.15, 0.2) is 5.96 Å². The number of ether oxygens (including phenoxy) is 1. The second kappa shape index (κ2) is 12.6. The van der Waals surface area contributed by atoms with Crippen molar-refractivity contribution in [2.75, 3.05) is 26.7 Å². The first-order valence-corrected chi connectivity index (χ1v) is 8.86. The standard InChI is InChI=1S/C19H29N5O.HI/c1-4-20-19(21-11-7-13-24-15-16(2)14-23-24)22-12-10-17-8-5-6-9-18(17)25-3;/h5-6,8-9,14-15H,4,7,10-13H2,1-3H3,(H2,20,21,22);1H. The van der Waals surface area contributed by atoms with Gasteiger partial charge in [-0.3, -0.25) is 9.67 Å². The predicted molar refractivity (Wildman–Crippen MR) is 118 cm³/mol. The molecule has 0 aliphatic carbocycles. The van der Waals surface area contributed by atoms with Crippen LogP contribution >= 0.6 is 24.0 Å². The third-order valence-electron chi connectivity index (χ3n) is 3.80. The van der Waals surface area contributed by atoms with E-state index in [4.69, 9.17) is 4.74 Å². The van der Waals surface area contributed by atoms with Gasteiger partial charge in [-0.05, 0) is 43.9 Å². The molecule has 0 bridgehead atoms. The van der Waals surface area contributed by atoms with Crippen LogP contribution in [0.15, 0.2) is 41.7 Å². The van der Waals surface area contributed by atoms with E-state index in [0.29, 0.717) is 0 Å². The lowest BCUT2D eigenvalue weighted by molar-refractivity contribution is 0.409. The van der Waals surface area contributed by atoms with Gasteiger partial charge >= 0.3 is 0 Å². The number of halogens is 1. The van der Waals surface area contributed by atoms with Crippen LogP contribution in [-0.4, -0.2) is 42.5 Å². The summed E-state index contributed by atoms with van der Waals surface area (Å²) in [7, 11) is 1.71. The fourth-order valence-corrected chi connectivity index (χ4v) is 2.58. The molecule has 0 saturated heterocycles. The molecule has 0 fully saturated rings. The molecule has 0 radical (unpaired) electrons. The van der Waals surface area contributed by atoms with E-state index in [2.05, 4.69) is 46.8 Å². The summed E-state index contributed by atoms with van der Waals surface area (Å²) >= 11 is 0. The molecule has 144 valence electrons. The predicted octanol–water partition coefficient (Wildman–Crippen LogP) is 3.01. The number of guanidine groups is 1. The Morgan fingerprint density at radius 1 is 1.27 bits per heavy atom. The maximum Gasteiger partial charge on any atom is 0.191 e. The minimum absolute atomic E-state index is 0. The number of aromatic nitrogens is 2. The maximum absolute atomic E-state index is 5.39. The van der Waals surface area contributed by atoms with Crippen LogP contribution in [0.4, 0.5) is 0 Å². The topological polar surface area (TPSA) is 63.5 Å². The lowest BCUT2D eigenvalue weighted by Crippen LogP contribution is -2.38. The zero-order valence-electron chi connectivity index (χ0n) is 15.9. The number of benzene rings is 1. The Bertz CT molecular complexity index is 671. The first-order valence-electron chi connectivity index (χ1n) is 8.86. The Morgan fingerprint density at radius 2 is 2.08 bits per heavy atom. The number of para-hydroxylation sites is 1. The Balaban J connectivity index is 0.00000338. The molecule has 1 aromatic heterocycles. The van der Waals surface area contributed by atoms with Gasteiger partial charge in [0.1, 0.15) is 5.75 Å². The summed E-state index contributed by atoms with van der Waals surface area (Å²) < 4.78 is 7.36. The number of aryl methyl sites for hydroxylation is 2. The molecule has 0 atom stereocenters. The summed E-state index contributed by atoms with van der Waals surface area (Å²) in [5, 5.41) is 11.0. The molecule has 2 N–H and O–H groups in total. The monoisotopic (exact) mass is 471 g/mol. The summed E-state index contributed by atoms with van der Waals surface area (Å²) in [6.07, 6.45) is 5.79. The maximum atomic E-state index is 5.39. The number of hydrogen-bond acceptors (Lipinski definition) is 3. The highest BCUT2D eigenvalue weighted by molar-refractivity contribution is 14.0. The van der Waals surface area contributed by atoms with Crippen molar-refractivity contribution in [2.24, 2.45) is 4.99 Å². The summed E-state index contributed by atoms with van der Waals surface area (Å²) in [6.45, 7) is 7.44. The van der Waals surface area contributed by atoms with Gasteiger partial charge in [-0.25, -0.2) is 0 Å². The van der Waals surface area contributed by atoms with E-state index < -0.39 is 0 Å². The van der Waals surface area contributed by atoms with Gasteiger partial charge in [0.25, 0.3) is 0 Å². The van der Waals surface area contributed by atoms with Crippen molar-refractivity contribution in [3.63, 3.8) is 0 Å². The van der Waals surface area contributed by atoms with Crippen molar-refractivity contribution < 1.29 is 4.74 Å². The highest BCUT2D eigenvalue weighted by Crippen LogP contribution is 2.17. The smallest absolute Gasteiger partial charge is 0.191 e. The number of aliphatic imine (C=N–C) groups is 1. The number of nitrogens with one attached hydrogen (secondary N) is 2. The quantitative estimate of drug-likeness (QED) is 0.256. The molecule has 2 rings (SSSR count). The van der Waals surface area contributed by atoms with Gasteiger partial charge in [0.05, 0.1) is 13.3 Å². The van der Waals surface area contributed by atoms with Crippen LogP contribution in [0, 0.1) is 6.92 Å². The molecule has 6 nitrogen and oxygen atoms in total. The first-order chi connectivity index (χ1) is 12.2. The fraction of sp³-hybridized carbons (Fsp3) is 0.474. The molecule has 1 heterocycles. The first kappa shape index (κ1) is 22.3. The van der Waals surface area contributed by atoms with E-state index in [1.54, 1.807) is 7.11 Å². The molecule has 0 amide bonds. The molecule has 0 saturated carbocycles. The van der Waals surface area contributed by atoms with Crippen molar-refractivity contribution in [3.8, 4) is 5.75 Å². The Labute approximate surface area is 173 Å². The van der Waals surface area contributed by atoms with Crippen LogP contribution in [0.5, 0.6) is 5.75 Å². The van der Waals surface area contributed by atoms with Crippen LogP contribution < -0.4 is 15.4 Å². The van der Waals surface area contributed by atoms with Crippen LogP contribution in [0.25, 0.3) is 0 Å². The summed E-state index contributed by atoms with van der Waals surface area (Å²) in [5.41, 5.74) is 2.39. The van der Waals surface area contributed by atoms with Gasteiger partial charge in [0.2, 0.25) is 0 Å². The third-order valence-corrected chi connectivity index (χ3v) is 3.80. The van der Waals surface area contributed by atoms with Gasteiger partial charge in [-0.15, -0.1) is 24.0 Å². The lowest BCUT2D eigenvalue weighted by atomic mass is 10.1. The van der Waals surface area contributed by atoms with Crippen LogP contribution in [0.2, 0.25) is 0 Å². The zero-order chi connectivity index (χ0) is 17.9. The van der Waals surface area contributed by atoms with E-state index >= 15 is 0 Å². The molecule has 1 aromatic carbocycles. The lowest BCUT2D eigenvalue weighted by Gasteiger charge is -2.12. The number of methoxy groups -OCH3 is 1. The van der Waals surface area contributed by atoms with Crippen LogP contribution in [0.1, 0.15) is 24.5 Å². The third kappa shape index (κ3) is 7.63. The average Bonchev–Trinajstić information content (AvgIpc) is 3.04. The van der Waals surface area contributed by atoms with Crippen molar-refractivity contribution in [1.82, 2.24) is 20.4 Å².